The highest BCUT2D eigenvalue weighted by Crippen LogP contribution is 2.26. The van der Waals surface area contributed by atoms with Crippen LogP contribution in [0.3, 0.4) is 0 Å². The van der Waals surface area contributed by atoms with Gasteiger partial charge in [-0.25, -0.2) is 4.98 Å². The summed E-state index contributed by atoms with van der Waals surface area (Å²) in [6.07, 6.45) is 0. The summed E-state index contributed by atoms with van der Waals surface area (Å²) in [7, 11) is 1.91. The molecule has 5 nitrogen and oxygen atoms in total. The Bertz CT molecular complexity index is 777. The number of nitro benzene ring substituents is 1. The first-order valence-corrected chi connectivity index (χ1v) is 5.83. The zero-order chi connectivity index (χ0) is 13.4. The molecule has 0 spiro atoms. The van der Waals surface area contributed by atoms with E-state index in [0.29, 0.717) is 0 Å². The summed E-state index contributed by atoms with van der Waals surface area (Å²) in [5, 5.41) is 10.8. The lowest BCUT2D eigenvalue weighted by atomic mass is 10.2. The second-order valence-electron chi connectivity index (χ2n) is 4.29. The smallest absolute Gasteiger partial charge is 0.270 e. The average molecular weight is 253 g/mol. The number of aromatic nitrogens is 2. The molecule has 0 aliphatic carbocycles. The molecule has 0 aliphatic rings. The molecule has 0 radical (unpaired) electrons. The SMILES string of the molecule is Cn1c(-c2cccc([N+](=O)[O-])c2)nc2ccccc21. The van der Waals surface area contributed by atoms with E-state index < -0.39 is 4.92 Å². The maximum absolute atomic E-state index is 10.8. The number of rotatable bonds is 2. The summed E-state index contributed by atoms with van der Waals surface area (Å²) < 4.78 is 1.94. The molecule has 0 atom stereocenters. The second kappa shape index (κ2) is 4.20. The number of nitrogens with zero attached hydrogens (tertiary/aromatic N) is 3. The highest BCUT2D eigenvalue weighted by Gasteiger charge is 2.12. The Balaban J connectivity index is 2.21. The Kier molecular flexibility index (Phi) is 2.52. The van der Waals surface area contributed by atoms with Gasteiger partial charge in [0.05, 0.1) is 16.0 Å². The summed E-state index contributed by atoms with van der Waals surface area (Å²) in [4.78, 5) is 14.9. The van der Waals surface area contributed by atoms with Crippen LogP contribution in [-0.4, -0.2) is 14.5 Å². The topological polar surface area (TPSA) is 61.0 Å². The standard InChI is InChI=1S/C14H11N3O2/c1-16-13-8-3-2-7-12(13)15-14(16)10-5-4-6-11(9-10)17(18)19/h2-9H,1H3. The van der Waals surface area contributed by atoms with Crippen LogP contribution in [0.4, 0.5) is 5.69 Å². The van der Waals surface area contributed by atoms with Gasteiger partial charge in [0.2, 0.25) is 0 Å². The van der Waals surface area contributed by atoms with E-state index in [9.17, 15) is 10.1 Å². The number of aryl methyl sites for hydroxylation is 1. The highest BCUT2D eigenvalue weighted by molar-refractivity contribution is 5.80. The molecule has 2 aromatic carbocycles. The number of nitro groups is 1. The molecule has 0 N–H and O–H groups in total. The van der Waals surface area contributed by atoms with Gasteiger partial charge in [-0.3, -0.25) is 10.1 Å². The molecular formula is C14H11N3O2. The van der Waals surface area contributed by atoms with Crippen molar-refractivity contribution in [1.82, 2.24) is 9.55 Å². The molecule has 0 unspecified atom stereocenters. The minimum absolute atomic E-state index is 0.0737. The van der Waals surface area contributed by atoms with Gasteiger partial charge >= 0.3 is 0 Å². The van der Waals surface area contributed by atoms with Crippen LogP contribution in [0, 0.1) is 10.1 Å². The molecule has 0 amide bonds. The van der Waals surface area contributed by atoms with Crippen LogP contribution in [0.15, 0.2) is 48.5 Å². The number of para-hydroxylation sites is 2. The van der Waals surface area contributed by atoms with Crippen molar-refractivity contribution >= 4 is 16.7 Å². The maximum Gasteiger partial charge on any atom is 0.270 e. The van der Waals surface area contributed by atoms with Crippen LogP contribution < -0.4 is 0 Å². The first-order valence-electron chi connectivity index (χ1n) is 5.83. The Hall–Kier alpha value is -2.69. The van der Waals surface area contributed by atoms with Crippen LogP contribution in [0.2, 0.25) is 0 Å². The van der Waals surface area contributed by atoms with Gasteiger partial charge in [-0.1, -0.05) is 24.3 Å². The first-order chi connectivity index (χ1) is 9.16. The fourth-order valence-electron chi connectivity index (χ4n) is 2.16. The monoisotopic (exact) mass is 253 g/mol. The van der Waals surface area contributed by atoms with E-state index in [1.165, 1.54) is 6.07 Å². The Morgan fingerprint density at radius 2 is 1.95 bits per heavy atom. The first kappa shape index (κ1) is 11.4. The fourth-order valence-corrected chi connectivity index (χ4v) is 2.16. The van der Waals surface area contributed by atoms with Crippen molar-refractivity contribution in [1.29, 1.82) is 0 Å². The van der Waals surface area contributed by atoms with Gasteiger partial charge in [0.15, 0.2) is 0 Å². The van der Waals surface area contributed by atoms with Gasteiger partial charge in [-0.15, -0.1) is 0 Å². The van der Waals surface area contributed by atoms with Gasteiger partial charge in [-0.05, 0) is 12.1 Å². The van der Waals surface area contributed by atoms with Crippen molar-refractivity contribution in [2.45, 2.75) is 0 Å². The molecule has 19 heavy (non-hydrogen) atoms. The molecule has 0 saturated heterocycles. The number of fused-ring (bicyclic) bond motifs is 1. The van der Waals surface area contributed by atoms with E-state index in [-0.39, 0.29) is 5.69 Å². The molecule has 1 heterocycles. The number of benzene rings is 2. The van der Waals surface area contributed by atoms with E-state index in [0.717, 1.165) is 22.4 Å². The zero-order valence-corrected chi connectivity index (χ0v) is 10.3. The fraction of sp³-hybridized carbons (Fsp3) is 0.0714. The third-order valence-corrected chi connectivity index (χ3v) is 3.10. The Morgan fingerprint density at radius 3 is 2.68 bits per heavy atom. The van der Waals surface area contributed by atoms with E-state index in [4.69, 9.17) is 0 Å². The predicted octanol–water partition coefficient (Wildman–Crippen LogP) is 3.15. The van der Waals surface area contributed by atoms with Crippen molar-refractivity contribution in [2.75, 3.05) is 0 Å². The van der Waals surface area contributed by atoms with Crippen molar-refractivity contribution in [3.63, 3.8) is 0 Å². The van der Waals surface area contributed by atoms with E-state index in [2.05, 4.69) is 4.98 Å². The van der Waals surface area contributed by atoms with Crippen LogP contribution in [-0.2, 0) is 7.05 Å². The van der Waals surface area contributed by atoms with E-state index in [1.54, 1.807) is 12.1 Å². The van der Waals surface area contributed by atoms with Gasteiger partial charge in [0, 0.05) is 24.7 Å². The van der Waals surface area contributed by atoms with Crippen molar-refractivity contribution in [3.05, 3.63) is 58.6 Å². The predicted molar refractivity (Wildman–Crippen MR) is 72.8 cm³/mol. The third kappa shape index (κ3) is 1.85. The zero-order valence-electron chi connectivity index (χ0n) is 10.3. The Morgan fingerprint density at radius 1 is 1.16 bits per heavy atom. The van der Waals surface area contributed by atoms with Gasteiger partial charge < -0.3 is 4.57 Å². The summed E-state index contributed by atoms with van der Waals surface area (Å²) in [5.41, 5.74) is 2.70. The summed E-state index contributed by atoms with van der Waals surface area (Å²) >= 11 is 0. The molecule has 94 valence electrons. The molecule has 0 aliphatic heterocycles. The lowest BCUT2D eigenvalue weighted by molar-refractivity contribution is -0.384. The lowest BCUT2D eigenvalue weighted by Gasteiger charge is -2.02. The Labute approximate surface area is 109 Å². The third-order valence-electron chi connectivity index (χ3n) is 3.10. The molecular weight excluding hydrogens is 242 g/mol. The lowest BCUT2D eigenvalue weighted by Crippen LogP contribution is -1.94. The van der Waals surface area contributed by atoms with Gasteiger partial charge in [0.25, 0.3) is 5.69 Å². The van der Waals surface area contributed by atoms with Crippen molar-refractivity contribution < 1.29 is 4.92 Å². The van der Waals surface area contributed by atoms with E-state index >= 15 is 0 Å². The molecule has 5 heteroatoms. The number of imidazole rings is 1. The summed E-state index contributed by atoms with van der Waals surface area (Å²) in [6.45, 7) is 0. The minimum Gasteiger partial charge on any atom is -0.327 e. The summed E-state index contributed by atoms with van der Waals surface area (Å²) in [5.74, 6) is 0.727. The average Bonchev–Trinajstić information content (AvgIpc) is 2.77. The van der Waals surface area contributed by atoms with Crippen LogP contribution in [0.5, 0.6) is 0 Å². The van der Waals surface area contributed by atoms with Crippen molar-refractivity contribution in [3.8, 4) is 11.4 Å². The molecule has 0 saturated carbocycles. The highest BCUT2D eigenvalue weighted by atomic mass is 16.6. The van der Waals surface area contributed by atoms with E-state index in [1.807, 2.05) is 41.9 Å². The molecule has 3 rings (SSSR count). The van der Waals surface area contributed by atoms with Crippen molar-refractivity contribution in [2.24, 2.45) is 7.05 Å². The van der Waals surface area contributed by atoms with Gasteiger partial charge in [-0.2, -0.15) is 0 Å². The molecule has 3 aromatic rings. The minimum atomic E-state index is -0.397. The second-order valence-corrected chi connectivity index (χ2v) is 4.29. The molecule has 0 fully saturated rings. The normalized spacial score (nSPS) is 10.8. The van der Waals surface area contributed by atoms with Crippen LogP contribution in [0.25, 0.3) is 22.4 Å². The number of hydrogen-bond acceptors (Lipinski definition) is 3. The molecule has 1 aromatic heterocycles. The largest absolute Gasteiger partial charge is 0.327 e. The van der Waals surface area contributed by atoms with Crippen LogP contribution >= 0.6 is 0 Å². The number of non-ortho nitro benzene ring substituents is 1. The van der Waals surface area contributed by atoms with Crippen LogP contribution in [0.1, 0.15) is 0 Å². The molecule has 0 bridgehead atoms. The number of hydrogen-bond donors (Lipinski definition) is 0. The van der Waals surface area contributed by atoms with Gasteiger partial charge in [0.1, 0.15) is 5.82 Å². The maximum atomic E-state index is 10.8. The quantitative estimate of drug-likeness (QED) is 0.520. The summed E-state index contributed by atoms with van der Waals surface area (Å²) in [6, 6.07) is 14.3.